The third kappa shape index (κ3) is 13.9. The number of aromatic nitrogens is 2. The second-order valence-corrected chi connectivity index (χ2v) is 22.4. The Labute approximate surface area is 396 Å². The molecule has 4 aliphatic rings. The summed E-state index contributed by atoms with van der Waals surface area (Å²) in [5.74, 6) is 0. The first-order valence-electron chi connectivity index (χ1n) is 22.7. The molecule has 0 saturated carbocycles. The largest absolute Gasteiger partial charge is 0.488 e. The van der Waals surface area contributed by atoms with E-state index in [1.165, 1.54) is 16.7 Å². The summed E-state index contributed by atoms with van der Waals surface area (Å²) in [5.41, 5.74) is 4.32. The lowest BCUT2D eigenvalue weighted by Gasteiger charge is -2.32. The molecule has 2 fully saturated rings. The van der Waals surface area contributed by atoms with Crippen LogP contribution in [0, 0.1) is 0 Å². The molecule has 2 saturated heterocycles. The molecule has 2 aliphatic heterocycles. The number of amides is 2. The zero-order chi connectivity index (χ0) is 47.5. The standard InChI is InChI=1S/C20H24ClN3O2.C16H22BrNO2.C12H24B2O4/c1-20(2,3)26-19(25)24-17-7-5-4-6-13-12-14(8-9-15(13)17)16-10-11-22-18(21)23-16;1-16(2,3)20-15(19)18-14-7-5-4-6-11-10-12(17)8-9-13(11)14;1-9(2)10(3,4)16-13(15-9)14-17-11(5,6)12(7,8)18-14/h8-12,17H,4-7H2,1-3H3,(H,24,25);8-10,14H,4-7H2,1-3H3,(H,18,19);1-8H3. The van der Waals surface area contributed by atoms with Gasteiger partial charge in [-0.15, -0.1) is 0 Å². The highest BCUT2D eigenvalue weighted by atomic mass is 79.9. The van der Waals surface area contributed by atoms with E-state index in [4.69, 9.17) is 39.7 Å². The van der Waals surface area contributed by atoms with Crippen molar-refractivity contribution in [2.75, 3.05) is 0 Å². The van der Waals surface area contributed by atoms with Crippen molar-refractivity contribution >= 4 is 53.7 Å². The van der Waals surface area contributed by atoms with Crippen LogP contribution in [0.2, 0.25) is 5.28 Å². The maximum Gasteiger partial charge on any atom is 0.488 e. The lowest BCUT2D eigenvalue weighted by atomic mass is 9.49. The number of hydrogen-bond acceptors (Lipinski definition) is 10. The van der Waals surface area contributed by atoms with Gasteiger partial charge in [-0.05, 0) is 194 Å². The molecule has 2 atom stereocenters. The number of aryl methyl sites for hydroxylation is 2. The summed E-state index contributed by atoms with van der Waals surface area (Å²) in [6.45, 7) is 27.5. The summed E-state index contributed by atoms with van der Waals surface area (Å²) < 4.78 is 35.7. The van der Waals surface area contributed by atoms with Crippen LogP contribution in [0.5, 0.6) is 0 Å². The van der Waals surface area contributed by atoms with Crippen LogP contribution in [0.1, 0.15) is 170 Å². The van der Waals surface area contributed by atoms with Crippen molar-refractivity contribution in [2.24, 2.45) is 0 Å². The van der Waals surface area contributed by atoms with Crippen LogP contribution in [0.4, 0.5) is 9.59 Å². The minimum atomic E-state index is -0.506. The van der Waals surface area contributed by atoms with E-state index in [0.717, 1.165) is 72.7 Å². The van der Waals surface area contributed by atoms with Crippen molar-refractivity contribution in [1.82, 2.24) is 20.6 Å². The molecule has 0 radical (unpaired) electrons. The number of carbonyl (C=O) groups excluding carboxylic acids is 2. The summed E-state index contributed by atoms with van der Waals surface area (Å²) in [6, 6.07) is 14.4. The third-order valence-corrected chi connectivity index (χ3v) is 13.1. The van der Waals surface area contributed by atoms with E-state index in [-0.39, 0.29) is 52.0 Å². The zero-order valence-electron chi connectivity index (χ0n) is 40.5. The number of halogens is 2. The van der Waals surface area contributed by atoms with E-state index in [2.05, 4.69) is 60.8 Å². The molecule has 1 aromatic heterocycles. The Morgan fingerprint density at radius 1 is 0.672 bits per heavy atom. The van der Waals surface area contributed by atoms with Gasteiger partial charge < -0.3 is 38.7 Å². The van der Waals surface area contributed by atoms with Crippen LogP contribution >= 0.6 is 27.5 Å². The molecule has 64 heavy (non-hydrogen) atoms. The molecular formula is C48H70B2BrClN4O8. The Morgan fingerprint density at radius 2 is 1.09 bits per heavy atom. The van der Waals surface area contributed by atoms with Crippen molar-refractivity contribution in [2.45, 2.75) is 194 Å². The zero-order valence-corrected chi connectivity index (χ0v) is 42.8. The van der Waals surface area contributed by atoms with Crippen LogP contribution in [0.25, 0.3) is 11.3 Å². The molecule has 0 bridgehead atoms. The summed E-state index contributed by atoms with van der Waals surface area (Å²) >= 11 is 9.43. The van der Waals surface area contributed by atoms with Gasteiger partial charge in [-0.3, -0.25) is 0 Å². The van der Waals surface area contributed by atoms with Crippen molar-refractivity contribution in [3.63, 3.8) is 0 Å². The van der Waals surface area contributed by atoms with Gasteiger partial charge in [-0.25, -0.2) is 19.6 Å². The highest BCUT2D eigenvalue weighted by molar-refractivity contribution is 9.10. The Bertz CT molecular complexity index is 2040. The van der Waals surface area contributed by atoms with Crippen LogP contribution in [0.3, 0.4) is 0 Å². The van der Waals surface area contributed by atoms with E-state index in [9.17, 15) is 9.59 Å². The molecule has 2 amide bonds. The predicted octanol–water partition coefficient (Wildman–Crippen LogP) is 12.1. The molecule has 2 N–H and O–H groups in total. The number of fused-ring (bicyclic) bond motifs is 2. The van der Waals surface area contributed by atoms with Gasteiger partial charge in [0.05, 0.1) is 40.2 Å². The van der Waals surface area contributed by atoms with Crippen LogP contribution in [-0.4, -0.2) is 69.8 Å². The second kappa shape index (κ2) is 20.3. The van der Waals surface area contributed by atoms with Gasteiger partial charge in [-0.1, -0.05) is 47.0 Å². The molecule has 7 rings (SSSR count). The topological polar surface area (TPSA) is 139 Å². The van der Waals surface area contributed by atoms with Gasteiger partial charge in [0.1, 0.15) is 11.2 Å². The van der Waals surface area contributed by atoms with Gasteiger partial charge >= 0.3 is 26.2 Å². The highest BCUT2D eigenvalue weighted by Gasteiger charge is 2.63. The minimum Gasteiger partial charge on any atom is -0.444 e. The maximum absolute atomic E-state index is 12.2. The fraction of sp³-hybridized carbons (Fsp3) is 0.625. The third-order valence-electron chi connectivity index (χ3n) is 12.4. The number of nitrogens with one attached hydrogen (secondary N) is 2. The van der Waals surface area contributed by atoms with Gasteiger partial charge in [0, 0.05) is 16.2 Å². The van der Waals surface area contributed by atoms with E-state index in [1.54, 1.807) is 6.20 Å². The number of ether oxygens (including phenoxy) is 2. The van der Waals surface area contributed by atoms with Gasteiger partial charge in [0.15, 0.2) is 0 Å². The van der Waals surface area contributed by atoms with Crippen LogP contribution in [0.15, 0.2) is 53.1 Å². The molecule has 0 spiro atoms. The second-order valence-electron chi connectivity index (χ2n) is 21.1. The lowest BCUT2D eigenvalue weighted by Crippen LogP contribution is -2.41. The average Bonchev–Trinajstić information content (AvgIpc) is 3.32. The number of rotatable bonds is 4. The normalized spacial score (nSPS) is 21.9. The monoisotopic (exact) mass is 966 g/mol. The van der Waals surface area contributed by atoms with Crippen molar-refractivity contribution in [3.8, 4) is 11.3 Å². The molecule has 2 aromatic carbocycles. The number of benzene rings is 2. The van der Waals surface area contributed by atoms with Gasteiger partial charge in [0.25, 0.3) is 0 Å². The first-order chi connectivity index (χ1) is 29.5. The molecule has 12 nitrogen and oxygen atoms in total. The lowest BCUT2D eigenvalue weighted by molar-refractivity contribution is 0.00578. The quantitative estimate of drug-likeness (QED) is 0.148. The van der Waals surface area contributed by atoms with Crippen LogP contribution < -0.4 is 10.6 Å². The maximum atomic E-state index is 12.2. The smallest absolute Gasteiger partial charge is 0.444 e. The fourth-order valence-electron chi connectivity index (χ4n) is 7.79. The Balaban J connectivity index is 0.000000184. The van der Waals surface area contributed by atoms with E-state index in [0.29, 0.717) is 0 Å². The number of alkyl carbamates (subject to hydrolysis) is 2. The summed E-state index contributed by atoms with van der Waals surface area (Å²) in [4.78, 5) is 32.4. The van der Waals surface area contributed by atoms with Crippen molar-refractivity contribution in [1.29, 1.82) is 0 Å². The minimum absolute atomic E-state index is 0.0367. The summed E-state index contributed by atoms with van der Waals surface area (Å²) in [6.07, 6.45) is 9.30. The van der Waals surface area contributed by atoms with Crippen molar-refractivity contribution in [3.05, 3.63) is 80.7 Å². The average molecular weight is 968 g/mol. The van der Waals surface area contributed by atoms with Gasteiger partial charge in [0.2, 0.25) is 5.28 Å². The van der Waals surface area contributed by atoms with E-state index in [1.807, 2.05) is 115 Å². The molecule has 350 valence electrons. The first-order valence-corrected chi connectivity index (χ1v) is 23.8. The molecular weight excluding hydrogens is 898 g/mol. The Kier molecular flexibility index (Phi) is 16.5. The van der Waals surface area contributed by atoms with Crippen molar-refractivity contribution < 1.29 is 37.7 Å². The summed E-state index contributed by atoms with van der Waals surface area (Å²) in [5, 5.41) is 6.28. The Morgan fingerprint density at radius 3 is 1.52 bits per heavy atom. The Hall–Kier alpha value is -3.20. The highest BCUT2D eigenvalue weighted by Crippen LogP contribution is 2.43. The van der Waals surface area contributed by atoms with E-state index < -0.39 is 25.2 Å². The first kappa shape index (κ1) is 51.8. The van der Waals surface area contributed by atoms with Crippen LogP contribution in [-0.2, 0) is 40.9 Å². The molecule has 2 aliphatic carbocycles. The number of hydrogen-bond donors (Lipinski definition) is 2. The SMILES string of the molecule is CC(C)(C)OC(=O)NC1CCCCc2cc(-c3ccnc(Cl)n3)ccc21.CC(C)(C)OC(=O)NC1CCCCc2cc(Br)ccc21.CC1(C)OB(B2OC(C)(C)C(C)(C)O2)OC1(C)C. The fourth-order valence-corrected chi connectivity index (χ4v) is 8.34. The van der Waals surface area contributed by atoms with E-state index >= 15 is 0 Å². The van der Waals surface area contributed by atoms with Gasteiger partial charge in [-0.2, -0.15) is 0 Å². The molecule has 3 aromatic rings. The summed E-state index contributed by atoms with van der Waals surface area (Å²) in [7, 11) is -0.952. The number of nitrogens with zero attached hydrogens (tertiary/aromatic N) is 2. The number of carbonyl (C=O) groups is 2. The molecule has 2 unspecified atom stereocenters. The molecule has 3 heterocycles. The molecule has 16 heteroatoms. The predicted molar refractivity (Wildman–Crippen MR) is 258 cm³/mol.